The molecule has 0 amide bonds. The highest BCUT2D eigenvalue weighted by molar-refractivity contribution is 5.97. The maximum Gasteiger partial charge on any atom is 0.0464 e. The average Bonchev–Trinajstić information content (AvgIpc) is 0.756. The van der Waals surface area contributed by atoms with E-state index in [1.807, 2.05) is 0 Å². The molecule has 107 heavy (non-hydrogen) atoms. The first-order chi connectivity index (χ1) is 51.3. The van der Waals surface area contributed by atoms with Gasteiger partial charge in [0.25, 0.3) is 0 Å². The van der Waals surface area contributed by atoms with Gasteiger partial charge in [-0.05, 0) is 282 Å². The molecule has 0 atom stereocenters. The number of hydrogen-bond donors (Lipinski definition) is 0. The molecule has 0 saturated heterocycles. The first-order valence-electron chi connectivity index (χ1n) is 38.3. The third kappa shape index (κ3) is 16.3. The molecule has 532 valence electrons. The summed E-state index contributed by atoms with van der Waals surface area (Å²) in [6.45, 7) is 34.6. The monoisotopic (exact) mass is 1390 g/mol. The Morgan fingerprint density at radius 3 is 0.748 bits per heavy atom. The molecule has 0 unspecified atom stereocenters. The fourth-order valence-corrected chi connectivity index (χ4v) is 16.8. The van der Waals surface area contributed by atoms with Crippen LogP contribution in [0.3, 0.4) is 0 Å². The Hall–Kier alpha value is -11.3. The van der Waals surface area contributed by atoms with E-state index in [0.717, 1.165) is 47.0 Å². The van der Waals surface area contributed by atoms with Crippen molar-refractivity contribution in [1.29, 1.82) is 0 Å². The molecule has 0 saturated carbocycles. The Kier molecular flexibility index (Phi) is 20.3. The third-order valence-electron chi connectivity index (χ3n) is 21.6. The van der Waals surface area contributed by atoms with Gasteiger partial charge in [-0.15, -0.1) is 0 Å². The van der Waals surface area contributed by atoms with Crippen molar-refractivity contribution in [3.8, 4) is 100 Å². The van der Waals surface area contributed by atoms with E-state index in [9.17, 15) is 0 Å². The summed E-state index contributed by atoms with van der Waals surface area (Å²) in [6, 6.07) is 120. The molecule has 0 aromatic heterocycles. The van der Waals surface area contributed by atoms with Gasteiger partial charge in [0, 0.05) is 34.1 Å². The van der Waals surface area contributed by atoms with Crippen LogP contribution in [0.2, 0.25) is 0 Å². The Labute approximate surface area is 638 Å². The molecule has 0 aliphatic heterocycles. The quantitative estimate of drug-likeness (QED) is 0.0796. The normalized spacial score (nSPS) is 12.0. The van der Waals surface area contributed by atoms with E-state index in [1.54, 1.807) is 0 Å². The highest BCUT2D eigenvalue weighted by atomic mass is 15.1. The van der Waals surface area contributed by atoms with Crippen molar-refractivity contribution in [2.75, 3.05) is 9.80 Å². The molecule has 0 radical (unpaired) electrons. The van der Waals surface area contributed by atoms with Crippen LogP contribution in [0.15, 0.2) is 322 Å². The van der Waals surface area contributed by atoms with E-state index >= 15 is 0 Å². The van der Waals surface area contributed by atoms with Crippen molar-refractivity contribution >= 4 is 34.1 Å². The van der Waals surface area contributed by atoms with Crippen LogP contribution < -0.4 is 9.80 Å². The van der Waals surface area contributed by atoms with Gasteiger partial charge in [0.15, 0.2) is 0 Å². The minimum Gasteiger partial charge on any atom is -0.310 e. The third-order valence-corrected chi connectivity index (χ3v) is 21.6. The second-order valence-corrected chi connectivity index (χ2v) is 33.7. The molecule has 0 bridgehead atoms. The largest absolute Gasteiger partial charge is 0.310 e. The van der Waals surface area contributed by atoms with Crippen LogP contribution in [0.1, 0.15) is 121 Å². The lowest BCUT2D eigenvalue weighted by atomic mass is 9.72. The minimum absolute atomic E-state index is 0.0728. The maximum atomic E-state index is 2.46. The molecule has 0 aliphatic rings. The Bertz CT molecular complexity index is 5420. The van der Waals surface area contributed by atoms with Gasteiger partial charge in [0.2, 0.25) is 0 Å². The lowest BCUT2D eigenvalue weighted by molar-refractivity contribution is 0.283. The summed E-state index contributed by atoms with van der Waals surface area (Å²) in [5.41, 5.74) is 37.6. The van der Waals surface area contributed by atoms with Crippen molar-refractivity contribution in [2.24, 2.45) is 10.8 Å². The first-order valence-corrected chi connectivity index (χ1v) is 38.3. The van der Waals surface area contributed by atoms with E-state index in [0.29, 0.717) is 0 Å². The lowest BCUT2D eigenvalue weighted by Gasteiger charge is -2.33. The second-order valence-electron chi connectivity index (χ2n) is 33.7. The minimum atomic E-state index is 0.0728. The molecule has 14 aromatic rings. The van der Waals surface area contributed by atoms with E-state index in [1.165, 1.54) is 139 Å². The smallest absolute Gasteiger partial charge is 0.0464 e. The van der Waals surface area contributed by atoms with Crippen molar-refractivity contribution in [3.05, 3.63) is 360 Å². The van der Waals surface area contributed by atoms with E-state index in [-0.39, 0.29) is 21.7 Å². The van der Waals surface area contributed by atoms with Gasteiger partial charge in [-0.1, -0.05) is 317 Å². The molecule has 0 N–H and O–H groups in total. The molecule has 14 rings (SSSR count). The zero-order valence-electron chi connectivity index (χ0n) is 65.4. The summed E-state index contributed by atoms with van der Waals surface area (Å²) in [6.07, 6.45) is 2.22. The molecule has 0 aliphatic carbocycles. The Morgan fingerprint density at radius 1 is 0.196 bits per heavy atom. The van der Waals surface area contributed by atoms with Crippen LogP contribution in [-0.4, -0.2) is 0 Å². The van der Waals surface area contributed by atoms with Crippen LogP contribution in [0, 0.1) is 45.4 Å². The van der Waals surface area contributed by atoms with Crippen LogP contribution in [0.25, 0.3) is 100 Å². The number of aryl methyl sites for hydroxylation is 5. The number of nitrogens with zero attached hydrogens (tertiary/aromatic N) is 2. The number of hydrogen-bond acceptors (Lipinski definition) is 2. The maximum absolute atomic E-state index is 2.46. The molecule has 14 aromatic carbocycles. The van der Waals surface area contributed by atoms with Gasteiger partial charge in [-0.25, -0.2) is 0 Å². The van der Waals surface area contributed by atoms with Crippen LogP contribution in [0.5, 0.6) is 0 Å². The van der Waals surface area contributed by atoms with Crippen molar-refractivity contribution in [1.82, 2.24) is 0 Å². The molecule has 0 fully saturated rings. The van der Waals surface area contributed by atoms with E-state index in [4.69, 9.17) is 0 Å². The fourth-order valence-electron chi connectivity index (χ4n) is 16.8. The molecule has 0 heterocycles. The first kappa shape index (κ1) is 72.6. The number of benzene rings is 14. The molecular weight excluding hydrogens is 1290 g/mol. The lowest BCUT2D eigenvalue weighted by Crippen LogP contribution is -2.24. The number of rotatable bonds is 19. The van der Waals surface area contributed by atoms with Gasteiger partial charge in [-0.2, -0.15) is 0 Å². The van der Waals surface area contributed by atoms with Crippen molar-refractivity contribution < 1.29 is 0 Å². The summed E-state index contributed by atoms with van der Waals surface area (Å²) >= 11 is 0. The molecule has 2 nitrogen and oxygen atoms in total. The SMILES string of the molecule is Cc1ccc(-c2ccc(N(c3ccc(-c4ccc(C(C)(C)CC(C)(C)C)cc4)cc3)c3ccc(-c4ccc(-c5cc(-c6ccccc6)c(-c6ccc(N(c7ccc(-c8ccc(C)cc8)cc7)c7ccc(-c8ccc(C(C)(C)CC(C)(C)C)cc8)cc7)cc6C)cc5-c5ccccc5)cc4C)c(C)c3)cc2)cc1. The molecule has 0 spiro atoms. The van der Waals surface area contributed by atoms with E-state index < -0.39 is 0 Å². The van der Waals surface area contributed by atoms with Gasteiger partial charge in [-0.3, -0.25) is 0 Å². The Balaban J connectivity index is 0.807. The summed E-state index contributed by atoms with van der Waals surface area (Å²) in [4.78, 5) is 4.81. The highest BCUT2D eigenvalue weighted by Gasteiger charge is 2.30. The summed E-state index contributed by atoms with van der Waals surface area (Å²) in [5.74, 6) is 0. The summed E-state index contributed by atoms with van der Waals surface area (Å²) < 4.78 is 0. The average molecular weight is 1390 g/mol. The van der Waals surface area contributed by atoms with Gasteiger partial charge in [0.1, 0.15) is 0 Å². The van der Waals surface area contributed by atoms with Crippen molar-refractivity contribution in [3.63, 3.8) is 0 Å². The summed E-state index contributed by atoms with van der Waals surface area (Å²) in [5, 5.41) is 0. The zero-order valence-corrected chi connectivity index (χ0v) is 65.4. The number of anilines is 6. The predicted octanol–water partition coefficient (Wildman–Crippen LogP) is 30.6. The van der Waals surface area contributed by atoms with Crippen LogP contribution in [0.4, 0.5) is 34.1 Å². The van der Waals surface area contributed by atoms with Gasteiger partial charge in [0.05, 0.1) is 0 Å². The zero-order chi connectivity index (χ0) is 74.9. The fraction of sp³-hybridized carbons (Fsp3) is 0.200. The highest BCUT2D eigenvalue weighted by Crippen LogP contribution is 2.48. The second kappa shape index (κ2) is 29.9. The van der Waals surface area contributed by atoms with Crippen molar-refractivity contribution in [2.45, 2.75) is 128 Å². The van der Waals surface area contributed by atoms with Crippen LogP contribution in [-0.2, 0) is 10.8 Å². The standard InChI is InChI=1S/C105H102N2/c1-71-26-30-76(31-27-71)80-38-51-89(52-39-80)106(91-55-42-82(43-56-91)78-34-47-87(48-35-78)104(12,13)69-102(6,7)8)93-59-62-96(74(4)65-93)95-61-46-86(64-73(95)3)100-67-99(85-24-20-17-21-25-85)101(68-98(100)84-22-18-16-19-23-84)97-63-60-94(66-75(97)5)107(90-53-40-81(41-54-90)77-32-28-72(2)29-33-77)92-57-44-83(45-58-92)79-36-49-88(50-37-79)105(14,15)70-103(9,10)11/h16-68H,69-70H2,1-15H3. The van der Waals surface area contributed by atoms with E-state index in [2.05, 4.69) is 435 Å². The van der Waals surface area contributed by atoms with Crippen LogP contribution >= 0.6 is 0 Å². The molecule has 2 heteroatoms. The van der Waals surface area contributed by atoms with Gasteiger partial charge >= 0.3 is 0 Å². The van der Waals surface area contributed by atoms with Gasteiger partial charge < -0.3 is 9.80 Å². The summed E-state index contributed by atoms with van der Waals surface area (Å²) in [7, 11) is 0. The predicted molar refractivity (Wildman–Crippen MR) is 463 cm³/mol. The molecular formula is C105H102N2. The Morgan fingerprint density at radius 2 is 0.439 bits per heavy atom. The topological polar surface area (TPSA) is 6.48 Å².